The highest BCUT2D eigenvalue weighted by atomic mass is 16.5. The van der Waals surface area contributed by atoms with Crippen LogP contribution < -0.4 is 5.32 Å². The summed E-state index contributed by atoms with van der Waals surface area (Å²) in [6.07, 6.45) is 5.09. The highest BCUT2D eigenvalue weighted by Gasteiger charge is 2.20. The van der Waals surface area contributed by atoms with E-state index in [0.29, 0.717) is 19.0 Å². The molecule has 1 aromatic heterocycles. The Bertz CT molecular complexity index is 330. The lowest BCUT2D eigenvalue weighted by molar-refractivity contribution is 0.356. The van der Waals surface area contributed by atoms with Gasteiger partial charge in [0.2, 0.25) is 5.89 Å². The van der Waals surface area contributed by atoms with Gasteiger partial charge in [0.15, 0.2) is 5.82 Å². The number of nitrogens with zero attached hydrogens (tertiary/aromatic N) is 2. The van der Waals surface area contributed by atoms with Gasteiger partial charge >= 0.3 is 0 Å². The van der Waals surface area contributed by atoms with Crippen molar-refractivity contribution < 1.29 is 4.52 Å². The number of hydrogen-bond acceptors (Lipinski definition) is 4. The summed E-state index contributed by atoms with van der Waals surface area (Å²) in [4.78, 5) is 4.24. The van der Waals surface area contributed by atoms with Gasteiger partial charge < -0.3 is 4.52 Å². The Morgan fingerprint density at radius 2 is 2.21 bits per heavy atom. The van der Waals surface area contributed by atoms with Gasteiger partial charge in [-0.25, -0.2) is 0 Å². The minimum atomic E-state index is -0.0755. The maximum atomic E-state index is 5.09. The highest BCUT2D eigenvalue weighted by molar-refractivity contribution is 5.00. The van der Waals surface area contributed by atoms with E-state index < -0.39 is 0 Å². The van der Waals surface area contributed by atoms with Gasteiger partial charge in [0.25, 0.3) is 0 Å². The molecule has 0 atom stereocenters. The zero-order valence-electron chi connectivity index (χ0n) is 8.79. The van der Waals surface area contributed by atoms with Crippen molar-refractivity contribution in [1.29, 1.82) is 0 Å². The van der Waals surface area contributed by atoms with Crippen LogP contribution in [-0.2, 0) is 12.0 Å². The monoisotopic (exact) mass is 193 g/mol. The predicted octanol–water partition coefficient (Wildman–Crippen LogP) is 1.09. The fraction of sp³-hybridized carbons (Fsp3) is 0.600. The van der Waals surface area contributed by atoms with Gasteiger partial charge in [-0.15, -0.1) is 6.42 Å². The van der Waals surface area contributed by atoms with E-state index in [2.05, 4.69) is 21.4 Å². The molecule has 14 heavy (non-hydrogen) atoms. The van der Waals surface area contributed by atoms with Crippen molar-refractivity contribution in [3.8, 4) is 12.3 Å². The Hall–Kier alpha value is -1.34. The zero-order valence-corrected chi connectivity index (χ0v) is 8.79. The molecule has 0 aromatic carbocycles. The molecular formula is C10H15N3O. The van der Waals surface area contributed by atoms with Crippen molar-refractivity contribution >= 4 is 0 Å². The van der Waals surface area contributed by atoms with E-state index in [9.17, 15) is 0 Å². The highest BCUT2D eigenvalue weighted by Crippen LogP contribution is 2.18. The largest absolute Gasteiger partial charge is 0.338 e. The first kappa shape index (κ1) is 10.7. The molecule has 0 bridgehead atoms. The van der Waals surface area contributed by atoms with Gasteiger partial charge in [0, 0.05) is 5.41 Å². The van der Waals surface area contributed by atoms with E-state index in [0.717, 1.165) is 5.82 Å². The van der Waals surface area contributed by atoms with Crippen molar-refractivity contribution in [2.75, 3.05) is 6.54 Å². The molecule has 1 rings (SSSR count). The molecule has 0 radical (unpaired) electrons. The third-order valence-electron chi connectivity index (χ3n) is 1.64. The molecule has 0 aliphatic heterocycles. The van der Waals surface area contributed by atoms with Crippen LogP contribution in [0.1, 0.15) is 32.5 Å². The summed E-state index contributed by atoms with van der Waals surface area (Å²) < 4.78 is 5.05. The first-order valence-electron chi connectivity index (χ1n) is 4.51. The van der Waals surface area contributed by atoms with E-state index in [4.69, 9.17) is 10.9 Å². The van der Waals surface area contributed by atoms with Crippen molar-refractivity contribution in [1.82, 2.24) is 15.5 Å². The Labute approximate surface area is 84.1 Å². The summed E-state index contributed by atoms with van der Waals surface area (Å²) in [5.74, 6) is 3.77. The second kappa shape index (κ2) is 4.25. The maximum absolute atomic E-state index is 5.09. The predicted molar refractivity (Wildman–Crippen MR) is 53.5 cm³/mol. The molecule has 0 aliphatic rings. The molecule has 1 N–H and O–H groups in total. The average Bonchev–Trinajstić information content (AvgIpc) is 2.52. The van der Waals surface area contributed by atoms with Gasteiger partial charge in [-0.1, -0.05) is 31.8 Å². The van der Waals surface area contributed by atoms with E-state index in [-0.39, 0.29) is 5.41 Å². The quantitative estimate of drug-likeness (QED) is 0.576. The molecule has 0 spiro atoms. The van der Waals surface area contributed by atoms with Crippen molar-refractivity contribution in [3.05, 3.63) is 11.7 Å². The standard InChI is InChI=1S/C10H15N3O/c1-5-6-11-7-8-12-9(13-14-8)10(2,3)4/h1,11H,6-7H2,2-4H3. The molecule has 4 heteroatoms. The van der Waals surface area contributed by atoms with Crippen molar-refractivity contribution in [2.24, 2.45) is 0 Å². The third kappa shape index (κ3) is 2.86. The minimum Gasteiger partial charge on any atom is -0.338 e. The molecule has 1 aromatic rings. The molecule has 4 nitrogen and oxygen atoms in total. The zero-order chi connectivity index (χ0) is 10.6. The van der Waals surface area contributed by atoms with Gasteiger partial charge in [0.1, 0.15) is 0 Å². The van der Waals surface area contributed by atoms with Crippen LogP contribution in [0.4, 0.5) is 0 Å². The van der Waals surface area contributed by atoms with Crippen LogP contribution in [0.3, 0.4) is 0 Å². The average molecular weight is 193 g/mol. The lowest BCUT2D eigenvalue weighted by Gasteiger charge is -2.10. The summed E-state index contributed by atoms with van der Waals surface area (Å²) in [6.45, 7) is 7.14. The van der Waals surface area contributed by atoms with Crippen LogP contribution >= 0.6 is 0 Å². The fourth-order valence-electron chi connectivity index (χ4n) is 0.873. The van der Waals surface area contributed by atoms with Crippen LogP contribution in [0.15, 0.2) is 4.52 Å². The molecular weight excluding hydrogens is 178 g/mol. The number of terminal acetylenes is 1. The van der Waals surface area contributed by atoms with Crippen LogP contribution in [0.25, 0.3) is 0 Å². The molecule has 0 saturated carbocycles. The lowest BCUT2D eigenvalue weighted by Crippen LogP contribution is -2.15. The molecule has 0 unspecified atom stereocenters. The van der Waals surface area contributed by atoms with E-state index in [1.54, 1.807) is 0 Å². The summed E-state index contributed by atoms with van der Waals surface area (Å²) in [6, 6.07) is 0. The third-order valence-corrected chi connectivity index (χ3v) is 1.64. The minimum absolute atomic E-state index is 0.0755. The fourth-order valence-corrected chi connectivity index (χ4v) is 0.873. The molecule has 0 fully saturated rings. The SMILES string of the molecule is C#CCNCc1nc(C(C)(C)C)no1. The molecule has 76 valence electrons. The van der Waals surface area contributed by atoms with Crippen LogP contribution in [-0.4, -0.2) is 16.7 Å². The maximum Gasteiger partial charge on any atom is 0.240 e. The van der Waals surface area contributed by atoms with Crippen LogP contribution in [0.2, 0.25) is 0 Å². The first-order valence-corrected chi connectivity index (χ1v) is 4.51. The van der Waals surface area contributed by atoms with E-state index >= 15 is 0 Å². The Morgan fingerprint density at radius 3 is 2.71 bits per heavy atom. The summed E-state index contributed by atoms with van der Waals surface area (Å²) in [7, 11) is 0. The van der Waals surface area contributed by atoms with Crippen molar-refractivity contribution in [3.63, 3.8) is 0 Å². The Balaban J connectivity index is 2.57. The van der Waals surface area contributed by atoms with Gasteiger partial charge in [-0.05, 0) is 0 Å². The second-order valence-electron chi connectivity index (χ2n) is 4.07. The summed E-state index contributed by atoms with van der Waals surface area (Å²) in [5.41, 5.74) is -0.0755. The lowest BCUT2D eigenvalue weighted by atomic mass is 9.96. The first-order chi connectivity index (χ1) is 6.54. The number of rotatable bonds is 3. The molecule has 0 saturated heterocycles. The Morgan fingerprint density at radius 1 is 1.50 bits per heavy atom. The Kier molecular flexibility index (Phi) is 3.26. The van der Waals surface area contributed by atoms with Crippen molar-refractivity contribution in [2.45, 2.75) is 32.7 Å². The summed E-state index contributed by atoms with van der Waals surface area (Å²) in [5, 5.41) is 6.87. The van der Waals surface area contributed by atoms with Crippen LogP contribution in [0, 0.1) is 12.3 Å². The summed E-state index contributed by atoms with van der Waals surface area (Å²) >= 11 is 0. The van der Waals surface area contributed by atoms with Crippen LogP contribution in [0.5, 0.6) is 0 Å². The number of nitrogens with one attached hydrogen (secondary N) is 1. The molecule has 1 heterocycles. The normalized spacial score (nSPS) is 11.3. The number of hydrogen-bond donors (Lipinski definition) is 1. The number of aromatic nitrogens is 2. The topological polar surface area (TPSA) is 51.0 Å². The van der Waals surface area contributed by atoms with E-state index in [1.807, 2.05) is 20.8 Å². The molecule has 0 aliphatic carbocycles. The van der Waals surface area contributed by atoms with Gasteiger partial charge in [-0.3, -0.25) is 5.32 Å². The second-order valence-corrected chi connectivity index (χ2v) is 4.07. The smallest absolute Gasteiger partial charge is 0.240 e. The van der Waals surface area contributed by atoms with E-state index in [1.165, 1.54) is 0 Å². The molecule has 0 amide bonds. The van der Waals surface area contributed by atoms with Gasteiger partial charge in [0.05, 0.1) is 13.1 Å². The van der Waals surface area contributed by atoms with Gasteiger partial charge in [-0.2, -0.15) is 4.98 Å².